The fourth-order valence-corrected chi connectivity index (χ4v) is 2.81. The van der Waals surface area contributed by atoms with Gasteiger partial charge in [0, 0.05) is 11.1 Å². The van der Waals surface area contributed by atoms with E-state index in [2.05, 4.69) is 5.16 Å². The van der Waals surface area contributed by atoms with E-state index in [1.165, 1.54) is 17.6 Å². The van der Waals surface area contributed by atoms with Crippen LogP contribution in [0.25, 0.3) is 10.4 Å². The number of nitrogens with zero attached hydrogens (tertiary/aromatic N) is 1. The van der Waals surface area contributed by atoms with E-state index in [-0.39, 0.29) is 5.88 Å². The number of anilines is 1. The van der Waals surface area contributed by atoms with Gasteiger partial charge < -0.3 is 10.3 Å². The molecule has 0 fully saturated rings. The average molecular weight is 286 g/mol. The van der Waals surface area contributed by atoms with Gasteiger partial charge in [-0.05, 0) is 25.3 Å². The Labute approximate surface area is 110 Å². The van der Waals surface area contributed by atoms with Gasteiger partial charge in [0.15, 0.2) is 9.84 Å². The summed E-state index contributed by atoms with van der Waals surface area (Å²) in [6, 6.07) is 3.72. The van der Waals surface area contributed by atoms with Crippen molar-refractivity contribution in [2.24, 2.45) is 0 Å². The van der Waals surface area contributed by atoms with E-state index in [9.17, 15) is 8.42 Å². The van der Waals surface area contributed by atoms with Crippen LogP contribution in [0, 0.1) is 0 Å². The molecule has 2 aromatic heterocycles. The van der Waals surface area contributed by atoms with Crippen LogP contribution in [0.2, 0.25) is 0 Å². The molecular weight excluding hydrogens is 272 g/mol. The lowest BCUT2D eigenvalue weighted by atomic mass is 10.0. The lowest BCUT2D eigenvalue weighted by molar-refractivity contribution is 0.417. The Morgan fingerprint density at radius 2 is 2.11 bits per heavy atom. The van der Waals surface area contributed by atoms with E-state index in [4.69, 9.17) is 10.3 Å². The van der Waals surface area contributed by atoms with Gasteiger partial charge >= 0.3 is 0 Å². The molecule has 0 aliphatic carbocycles. The molecule has 2 rings (SSSR count). The van der Waals surface area contributed by atoms with Crippen molar-refractivity contribution in [1.82, 2.24) is 5.16 Å². The van der Waals surface area contributed by atoms with Gasteiger partial charge in [-0.25, -0.2) is 8.42 Å². The van der Waals surface area contributed by atoms with Crippen molar-refractivity contribution >= 4 is 27.1 Å². The maximum Gasteiger partial charge on any atom is 0.231 e. The molecule has 0 unspecified atom stereocenters. The second kappa shape index (κ2) is 4.10. The van der Waals surface area contributed by atoms with Crippen molar-refractivity contribution < 1.29 is 12.9 Å². The van der Waals surface area contributed by atoms with E-state index >= 15 is 0 Å². The summed E-state index contributed by atoms with van der Waals surface area (Å²) in [4.78, 5) is 0.848. The fourth-order valence-electron chi connectivity index (χ4n) is 1.55. The highest BCUT2D eigenvalue weighted by atomic mass is 32.2. The SMILES string of the molecule is CC(C)(c1noc(N)c1-c1cccs1)S(C)(=O)=O. The minimum absolute atomic E-state index is 0.143. The summed E-state index contributed by atoms with van der Waals surface area (Å²) in [5.74, 6) is 0.143. The predicted octanol–water partition coefficient (Wildman–Crippen LogP) is 2.27. The molecule has 0 spiro atoms. The highest BCUT2D eigenvalue weighted by Gasteiger charge is 2.39. The topological polar surface area (TPSA) is 86.2 Å². The van der Waals surface area contributed by atoms with Crippen LogP contribution in [-0.4, -0.2) is 19.8 Å². The molecule has 0 radical (unpaired) electrons. The molecule has 2 heterocycles. The quantitative estimate of drug-likeness (QED) is 0.935. The van der Waals surface area contributed by atoms with Gasteiger partial charge in [0.2, 0.25) is 5.88 Å². The largest absolute Gasteiger partial charge is 0.367 e. The van der Waals surface area contributed by atoms with Crippen LogP contribution in [0.15, 0.2) is 22.0 Å². The van der Waals surface area contributed by atoms with Crippen molar-refractivity contribution in [3.8, 4) is 10.4 Å². The Bertz CT molecular complexity index is 655. The van der Waals surface area contributed by atoms with Gasteiger partial charge in [0.1, 0.15) is 10.4 Å². The zero-order chi connectivity index (χ0) is 13.6. The summed E-state index contributed by atoms with van der Waals surface area (Å²) < 4.78 is 27.6. The monoisotopic (exact) mass is 286 g/mol. The van der Waals surface area contributed by atoms with Gasteiger partial charge in [-0.1, -0.05) is 11.2 Å². The van der Waals surface area contributed by atoms with Gasteiger partial charge in [0.05, 0.1) is 5.56 Å². The van der Waals surface area contributed by atoms with E-state index in [0.717, 1.165) is 4.88 Å². The average Bonchev–Trinajstić information content (AvgIpc) is 2.83. The molecule has 0 saturated carbocycles. The molecule has 18 heavy (non-hydrogen) atoms. The number of thiophene rings is 1. The molecule has 98 valence electrons. The molecule has 7 heteroatoms. The normalized spacial score (nSPS) is 12.8. The first-order valence-electron chi connectivity index (χ1n) is 5.24. The summed E-state index contributed by atoms with van der Waals surface area (Å²) in [5, 5.41) is 5.73. The molecule has 0 aliphatic heterocycles. The standard InChI is InChI=1S/C11H14N2O3S2/c1-11(2,18(3,14)15)9-8(10(12)16-13-9)7-5-4-6-17-7/h4-6H,12H2,1-3H3. The number of rotatable bonds is 3. The number of nitrogens with two attached hydrogens (primary N) is 1. The van der Waals surface area contributed by atoms with Crippen LogP contribution in [0.4, 0.5) is 5.88 Å². The zero-order valence-electron chi connectivity index (χ0n) is 10.3. The third kappa shape index (κ3) is 1.93. The minimum Gasteiger partial charge on any atom is -0.367 e. The molecule has 2 aromatic rings. The Hall–Kier alpha value is -1.34. The second-order valence-corrected chi connectivity index (χ2v) is 8.04. The van der Waals surface area contributed by atoms with Crippen LogP contribution in [0.5, 0.6) is 0 Å². The van der Waals surface area contributed by atoms with Crippen molar-refractivity contribution in [3.05, 3.63) is 23.2 Å². The first kappa shape index (κ1) is 13.1. The molecule has 0 bridgehead atoms. The first-order chi connectivity index (χ1) is 8.25. The second-order valence-electron chi connectivity index (χ2n) is 4.53. The summed E-state index contributed by atoms with van der Waals surface area (Å²) in [7, 11) is -3.33. The number of nitrogen functional groups attached to an aromatic ring is 1. The predicted molar refractivity (Wildman–Crippen MR) is 72.1 cm³/mol. The zero-order valence-corrected chi connectivity index (χ0v) is 11.9. The Kier molecular flexibility index (Phi) is 2.98. The molecule has 0 saturated heterocycles. The van der Waals surface area contributed by atoms with Crippen LogP contribution < -0.4 is 5.73 Å². The number of hydrogen-bond acceptors (Lipinski definition) is 6. The Balaban J connectivity index is 2.69. The molecule has 2 N–H and O–H groups in total. The summed E-state index contributed by atoms with van der Waals surface area (Å²) in [6.45, 7) is 3.19. The third-order valence-electron chi connectivity index (χ3n) is 2.98. The van der Waals surface area contributed by atoms with Crippen LogP contribution in [-0.2, 0) is 14.6 Å². The summed E-state index contributed by atoms with van der Waals surface area (Å²) in [5.41, 5.74) is 6.68. The molecule has 0 amide bonds. The molecule has 5 nitrogen and oxygen atoms in total. The maximum atomic E-state index is 11.9. The minimum atomic E-state index is -3.33. The smallest absolute Gasteiger partial charge is 0.231 e. The third-order valence-corrected chi connectivity index (χ3v) is 5.92. The van der Waals surface area contributed by atoms with Gasteiger partial charge in [0.25, 0.3) is 0 Å². The van der Waals surface area contributed by atoms with Crippen molar-refractivity contribution in [1.29, 1.82) is 0 Å². The Morgan fingerprint density at radius 1 is 1.44 bits per heavy atom. The van der Waals surface area contributed by atoms with Crippen molar-refractivity contribution in [2.45, 2.75) is 18.6 Å². The van der Waals surface area contributed by atoms with Gasteiger partial charge in [-0.2, -0.15) is 0 Å². The first-order valence-corrected chi connectivity index (χ1v) is 8.01. The number of hydrogen-bond donors (Lipinski definition) is 1. The lowest BCUT2D eigenvalue weighted by Gasteiger charge is -2.20. The Morgan fingerprint density at radius 3 is 2.61 bits per heavy atom. The van der Waals surface area contributed by atoms with Gasteiger partial charge in [-0.3, -0.25) is 0 Å². The van der Waals surface area contributed by atoms with Crippen molar-refractivity contribution in [3.63, 3.8) is 0 Å². The van der Waals surface area contributed by atoms with E-state index < -0.39 is 14.6 Å². The fraction of sp³-hybridized carbons (Fsp3) is 0.364. The van der Waals surface area contributed by atoms with Crippen LogP contribution in [0.3, 0.4) is 0 Å². The molecule has 0 atom stereocenters. The molecular formula is C11H14N2O3S2. The lowest BCUT2D eigenvalue weighted by Crippen LogP contribution is -2.29. The highest BCUT2D eigenvalue weighted by molar-refractivity contribution is 7.91. The van der Waals surface area contributed by atoms with Gasteiger partial charge in [-0.15, -0.1) is 11.3 Å². The van der Waals surface area contributed by atoms with E-state index in [1.54, 1.807) is 13.8 Å². The number of sulfone groups is 1. The maximum absolute atomic E-state index is 11.9. The van der Waals surface area contributed by atoms with Crippen LogP contribution in [0.1, 0.15) is 19.5 Å². The summed E-state index contributed by atoms with van der Waals surface area (Å²) in [6.07, 6.45) is 1.18. The molecule has 0 aliphatic rings. The summed E-state index contributed by atoms with van der Waals surface area (Å²) >= 11 is 1.46. The van der Waals surface area contributed by atoms with Crippen molar-refractivity contribution in [2.75, 3.05) is 12.0 Å². The molecule has 0 aromatic carbocycles. The number of aromatic nitrogens is 1. The van der Waals surface area contributed by atoms with E-state index in [0.29, 0.717) is 11.3 Å². The van der Waals surface area contributed by atoms with Crippen LogP contribution >= 0.6 is 11.3 Å². The highest BCUT2D eigenvalue weighted by Crippen LogP contribution is 2.40. The van der Waals surface area contributed by atoms with E-state index in [1.807, 2.05) is 17.5 Å².